The summed E-state index contributed by atoms with van der Waals surface area (Å²) in [7, 11) is 3.01. The van der Waals surface area contributed by atoms with Crippen LogP contribution in [0, 0.1) is 13.8 Å². The van der Waals surface area contributed by atoms with Gasteiger partial charge in [0.15, 0.2) is 0 Å². The molecule has 172 valence electrons. The van der Waals surface area contributed by atoms with E-state index in [1.807, 2.05) is 57.2 Å². The van der Waals surface area contributed by atoms with Crippen molar-refractivity contribution in [3.63, 3.8) is 0 Å². The maximum absolute atomic E-state index is 12.9. The number of methoxy groups -OCH3 is 2. The topological polar surface area (TPSA) is 76.7 Å². The van der Waals surface area contributed by atoms with Crippen LogP contribution >= 0.6 is 11.8 Å². The van der Waals surface area contributed by atoms with Gasteiger partial charge in [-0.05, 0) is 68.3 Å². The molecule has 0 bridgehead atoms. The van der Waals surface area contributed by atoms with Gasteiger partial charge in [-0.2, -0.15) is 0 Å². The second-order valence-corrected chi connectivity index (χ2v) is 8.93. The van der Waals surface area contributed by atoms with Crippen molar-refractivity contribution in [1.29, 1.82) is 0 Å². The Labute approximate surface area is 198 Å². The van der Waals surface area contributed by atoms with E-state index in [4.69, 9.17) is 9.47 Å². The number of carbonyl (C=O) groups is 2. The lowest BCUT2D eigenvalue weighted by atomic mass is 10.1. The number of ether oxygens (including phenoxy) is 2. The highest BCUT2D eigenvalue weighted by Crippen LogP contribution is 2.31. The molecule has 33 heavy (non-hydrogen) atoms. The lowest BCUT2D eigenvalue weighted by Gasteiger charge is -2.15. The van der Waals surface area contributed by atoms with Crippen LogP contribution in [0.1, 0.15) is 28.4 Å². The molecule has 6 nitrogen and oxygen atoms in total. The Balaban J connectivity index is 1.70. The van der Waals surface area contributed by atoms with Gasteiger partial charge in [-0.1, -0.05) is 24.3 Å². The molecule has 0 aliphatic rings. The summed E-state index contributed by atoms with van der Waals surface area (Å²) in [6, 6.07) is 18.4. The van der Waals surface area contributed by atoms with Crippen LogP contribution < -0.4 is 20.1 Å². The van der Waals surface area contributed by atoms with Crippen molar-refractivity contribution in [2.24, 2.45) is 0 Å². The predicted octanol–water partition coefficient (Wildman–Crippen LogP) is 5.69. The first-order valence-electron chi connectivity index (χ1n) is 10.5. The normalized spacial score (nSPS) is 11.4. The number of thioether (sulfide) groups is 1. The van der Waals surface area contributed by atoms with Crippen LogP contribution in [0.15, 0.2) is 65.6 Å². The smallest absolute Gasteiger partial charge is 0.263 e. The average Bonchev–Trinajstić information content (AvgIpc) is 2.81. The molecule has 3 rings (SSSR count). The summed E-state index contributed by atoms with van der Waals surface area (Å²) in [4.78, 5) is 26.5. The summed E-state index contributed by atoms with van der Waals surface area (Å²) in [6.07, 6.45) is 0. The Morgan fingerprint density at radius 3 is 2.18 bits per heavy atom. The number of hydrogen-bond acceptors (Lipinski definition) is 5. The lowest BCUT2D eigenvalue weighted by Crippen LogP contribution is -2.23. The van der Waals surface area contributed by atoms with E-state index < -0.39 is 0 Å². The SMILES string of the molecule is COc1cccc(OC)c1C(=O)Nc1cccc(SC(C)C(=O)Nc2cccc(C)c2C)c1. The average molecular weight is 465 g/mol. The maximum Gasteiger partial charge on any atom is 0.263 e. The Morgan fingerprint density at radius 1 is 0.879 bits per heavy atom. The molecule has 2 N–H and O–H groups in total. The molecule has 0 radical (unpaired) electrons. The standard InChI is InChI=1S/C26H28N2O4S/c1-16-9-6-12-21(17(16)2)28-25(29)18(3)33-20-11-7-10-19(15-20)27-26(30)24-22(31-4)13-8-14-23(24)32-5/h6-15,18H,1-5H3,(H,27,30)(H,28,29). The van der Waals surface area contributed by atoms with Crippen molar-refractivity contribution < 1.29 is 19.1 Å². The molecular formula is C26H28N2O4S. The highest BCUT2D eigenvalue weighted by atomic mass is 32.2. The van der Waals surface area contributed by atoms with Gasteiger partial charge in [-0.15, -0.1) is 11.8 Å². The third kappa shape index (κ3) is 5.87. The van der Waals surface area contributed by atoms with Crippen LogP contribution in [-0.2, 0) is 4.79 Å². The third-order valence-corrected chi connectivity index (χ3v) is 6.39. The zero-order valence-corrected chi connectivity index (χ0v) is 20.2. The van der Waals surface area contributed by atoms with Crippen LogP contribution in [-0.4, -0.2) is 31.3 Å². The number of rotatable bonds is 8. The minimum absolute atomic E-state index is 0.0816. The van der Waals surface area contributed by atoms with Gasteiger partial charge in [-0.3, -0.25) is 9.59 Å². The van der Waals surface area contributed by atoms with Gasteiger partial charge < -0.3 is 20.1 Å². The fourth-order valence-electron chi connectivity index (χ4n) is 3.29. The third-order valence-electron chi connectivity index (χ3n) is 5.29. The van der Waals surface area contributed by atoms with Crippen molar-refractivity contribution in [3.8, 4) is 11.5 Å². The van der Waals surface area contributed by atoms with E-state index >= 15 is 0 Å². The van der Waals surface area contributed by atoms with Gasteiger partial charge in [-0.25, -0.2) is 0 Å². The molecule has 0 saturated heterocycles. The number of benzene rings is 3. The van der Waals surface area contributed by atoms with E-state index in [0.29, 0.717) is 22.7 Å². The van der Waals surface area contributed by atoms with Crippen molar-refractivity contribution >= 4 is 35.0 Å². The second-order valence-electron chi connectivity index (χ2n) is 7.52. The summed E-state index contributed by atoms with van der Waals surface area (Å²) in [5.74, 6) is 0.428. The number of aryl methyl sites for hydroxylation is 1. The van der Waals surface area contributed by atoms with Crippen molar-refractivity contribution in [2.45, 2.75) is 30.9 Å². The van der Waals surface area contributed by atoms with Crippen LogP contribution in [0.4, 0.5) is 11.4 Å². The number of hydrogen-bond donors (Lipinski definition) is 2. The van der Waals surface area contributed by atoms with E-state index in [1.165, 1.54) is 26.0 Å². The number of nitrogens with one attached hydrogen (secondary N) is 2. The fourth-order valence-corrected chi connectivity index (χ4v) is 4.22. The van der Waals surface area contributed by atoms with E-state index in [-0.39, 0.29) is 17.1 Å². The second kappa shape index (κ2) is 10.9. The fraction of sp³-hybridized carbons (Fsp3) is 0.231. The van der Waals surface area contributed by atoms with Gasteiger partial charge in [0.25, 0.3) is 5.91 Å². The Hall–Kier alpha value is -3.45. The molecule has 0 saturated carbocycles. The molecule has 3 aromatic carbocycles. The minimum Gasteiger partial charge on any atom is -0.496 e. The molecule has 1 unspecified atom stereocenters. The van der Waals surface area contributed by atoms with Gasteiger partial charge in [0, 0.05) is 16.3 Å². The molecule has 0 fully saturated rings. The monoisotopic (exact) mass is 464 g/mol. The number of carbonyl (C=O) groups excluding carboxylic acids is 2. The quantitative estimate of drug-likeness (QED) is 0.419. The lowest BCUT2D eigenvalue weighted by molar-refractivity contribution is -0.115. The molecule has 3 aromatic rings. The minimum atomic E-state index is -0.341. The summed E-state index contributed by atoms with van der Waals surface area (Å²) in [5, 5.41) is 5.57. The first-order chi connectivity index (χ1) is 15.8. The van der Waals surface area contributed by atoms with Crippen LogP contribution in [0.25, 0.3) is 0 Å². The Morgan fingerprint density at radius 2 is 1.52 bits per heavy atom. The molecule has 0 aliphatic heterocycles. The summed E-state index contributed by atoms with van der Waals surface area (Å²) >= 11 is 1.42. The van der Waals surface area contributed by atoms with Crippen molar-refractivity contribution in [1.82, 2.24) is 0 Å². The zero-order chi connectivity index (χ0) is 24.0. The van der Waals surface area contributed by atoms with Crippen molar-refractivity contribution in [3.05, 3.63) is 77.4 Å². The number of anilines is 2. The predicted molar refractivity (Wildman–Crippen MR) is 134 cm³/mol. The van der Waals surface area contributed by atoms with Gasteiger partial charge >= 0.3 is 0 Å². The van der Waals surface area contributed by atoms with Gasteiger partial charge in [0.05, 0.1) is 19.5 Å². The Bertz CT molecular complexity index is 1140. The molecule has 2 amide bonds. The maximum atomic E-state index is 12.9. The van der Waals surface area contributed by atoms with E-state index in [2.05, 4.69) is 10.6 Å². The summed E-state index contributed by atoms with van der Waals surface area (Å²) in [6.45, 7) is 5.87. The van der Waals surface area contributed by atoms with E-state index in [9.17, 15) is 9.59 Å². The van der Waals surface area contributed by atoms with Gasteiger partial charge in [0.2, 0.25) is 5.91 Å². The van der Waals surface area contributed by atoms with Crippen LogP contribution in [0.3, 0.4) is 0 Å². The zero-order valence-electron chi connectivity index (χ0n) is 19.4. The largest absolute Gasteiger partial charge is 0.496 e. The van der Waals surface area contributed by atoms with E-state index in [0.717, 1.165) is 21.7 Å². The first kappa shape index (κ1) is 24.2. The van der Waals surface area contributed by atoms with Crippen LogP contribution in [0.2, 0.25) is 0 Å². The highest BCUT2D eigenvalue weighted by molar-refractivity contribution is 8.00. The molecular weight excluding hydrogens is 436 g/mol. The van der Waals surface area contributed by atoms with Crippen molar-refractivity contribution in [2.75, 3.05) is 24.9 Å². The highest BCUT2D eigenvalue weighted by Gasteiger charge is 2.19. The molecule has 0 aromatic heterocycles. The summed E-state index contributed by atoms with van der Waals surface area (Å²) in [5.41, 5.74) is 3.93. The number of amides is 2. The van der Waals surface area contributed by atoms with E-state index in [1.54, 1.807) is 24.3 Å². The molecule has 0 aliphatic carbocycles. The first-order valence-corrected chi connectivity index (χ1v) is 11.4. The Kier molecular flexibility index (Phi) is 8.01. The summed E-state index contributed by atoms with van der Waals surface area (Å²) < 4.78 is 10.6. The van der Waals surface area contributed by atoms with Gasteiger partial charge in [0.1, 0.15) is 17.1 Å². The molecule has 0 heterocycles. The molecule has 1 atom stereocenters. The van der Waals surface area contributed by atoms with Crippen LogP contribution in [0.5, 0.6) is 11.5 Å². The molecule has 0 spiro atoms. The molecule has 7 heteroatoms.